The smallest absolute Gasteiger partial charge is 0.238 e. The second-order valence-electron chi connectivity index (χ2n) is 5.35. The largest absolute Gasteiger partial charge is 0.322 e. The van der Waals surface area contributed by atoms with Crippen molar-refractivity contribution in [3.8, 4) is 0 Å². The van der Waals surface area contributed by atoms with E-state index in [-0.39, 0.29) is 18.1 Å². The minimum atomic E-state index is -0.756. The molecule has 6 heteroatoms. The summed E-state index contributed by atoms with van der Waals surface area (Å²) in [5.74, 6) is -1.69. The number of nitrogens with zero attached hydrogens (tertiary/aromatic N) is 1. The van der Waals surface area contributed by atoms with Crippen molar-refractivity contribution >= 4 is 11.6 Å². The zero-order valence-corrected chi connectivity index (χ0v) is 12.2. The van der Waals surface area contributed by atoms with Crippen LogP contribution in [0.4, 0.5) is 14.5 Å². The maximum atomic E-state index is 13.5. The Hall–Kier alpha value is -1.53. The lowest BCUT2D eigenvalue weighted by molar-refractivity contribution is -0.118. The number of carbonyl (C=O) groups excluding carboxylic acids is 1. The number of likely N-dealkylation sites (N-methyl/N-ethyl adjacent to an activating group) is 1. The molecule has 0 saturated carbocycles. The molecule has 1 aliphatic heterocycles. The van der Waals surface area contributed by atoms with Crippen LogP contribution in [0.15, 0.2) is 18.2 Å². The lowest BCUT2D eigenvalue weighted by atomic mass is 10.0. The number of hydrogen-bond acceptors (Lipinski definition) is 3. The lowest BCUT2D eigenvalue weighted by Crippen LogP contribution is -2.47. The molecule has 1 amide bonds. The molecule has 2 N–H and O–H groups in total. The SMILES string of the molecule is CNCC1CCCCN1CC(=O)Nc1ccc(F)cc1F. The third-order valence-electron chi connectivity index (χ3n) is 3.74. The molecule has 116 valence electrons. The second kappa shape index (κ2) is 7.47. The first-order valence-corrected chi connectivity index (χ1v) is 7.23. The Morgan fingerprint density at radius 3 is 2.90 bits per heavy atom. The van der Waals surface area contributed by atoms with Crippen molar-refractivity contribution in [2.75, 3.05) is 32.0 Å². The predicted molar refractivity (Wildman–Crippen MR) is 78.1 cm³/mol. The van der Waals surface area contributed by atoms with E-state index in [1.807, 2.05) is 7.05 Å². The summed E-state index contributed by atoms with van der Waals surface area (Å²) in [6, 6.07) is 3.46. The monoisotopic (exact) mass is 297 g/mol. The first-order valence-electron chi connectivity index (χ1n) is 7.23. The quantitative estimate of drug-likeness (QED) is 0.873. The summed E-state index contributed by atoms with van der Waals surface area (Å²) in [5, 5.41) is 5.64. The van der Waals surface area contributed by atoms with Crippen molar-refractivity contribution in [1.82, 2.24) is 10.2 Å². The number of halogens is 2. The van der Waals surface area contributed by atoms with Crippen LogP contribution in [0.2, 0.25) is 0 Å². The Labute approximate surface area is 123 Å². The van der Waals surface area contributed by atoms with Crippen LogP contribution in [-0.2, 0) is 4.79 Å². The van der Waals surface area contributed by atoms with Crippen LogP contribution in [-0.4, -0.2) is 43.5 Å². The van der Waals surface area contributed by atoms with Gasteiger partial charge in [-0.1, -0.05) is 6.42 Å². The van der Waals surface area contributed by atoms with Crippen LogP contribution in [0.3, 0.4) is 0 Å². The van der Waals surface area contributed by atoms with Crippen molar-refractivity contribution in [2.24, 2.45) is 0 Å². The van der Waals surface area contributed by atoms with E-state index < -0.39 is 11.6 Å². The van der Waals surface area contributed by atoms with Gasteiger partial charge in [0.25, 0.3) is 0 Å². The standard InChI is InChI=1S/C15H21F2N3O/c1-18-9-12-4-2-3-7-20(12)10-15(21)19-14-6-5-11(16)8-13(14)17/h5-6,8,12,18H,2-4,7,9-10H2,1H3,(H,19,21). The summed E-state index contributed by atoms with van der Waals surface area (Å²) in [6.45, 7) is 1.92. The first-order chi connectivity index (χ1) is 10.1. The maximum Gasteiger partial charge on any atom is 0.238 e. The number of nitrogens with one attached hydrogen (secondary N) is 2. The Balaban J connectivity index is 1.93. The molecule has 0 radical (unpaired) electrons. The molecule has 1 fully saturated rings. The van der Waals surface area contributed by atoms with Gasteiger partial charge in [0.2, 0.25) is 5.91 Å². The minimum Gasteiger partial charge on any atom is -0.322 e. The van der Waals surface area contributed by atoms with E-state index >= 15 is 0 Å². The molecule has 1 atom stereocenters. The highest BCUT2D eigenvalue weighted by atomic mass is 19.1. The normalized spacial score (nSPS) is 19.5. The van der Waals surface area contributed by atoms with E-state index in [9.17, 15) is 13.6 Å². The number of anilines is 1. The third kappa shape index (κ3) is 4.47. The summed E-state index contributed by atoms with van der Waals surface area (Å²) < 4.78 is 26.3. The minimum absolute atomic E-state index is 0.0172. The van der Waals surface area contributed by atoms with Gasteiger partial charge in [0.1, 0.15) is 11.6 Å². The molecule has 1 heterocycles. The van der Waals surface area contributed by atoms with E-state index in [1.54, 1.807) is 0 Å². The van der Waals surface area contributed by atoms with Crippen molar-refractivity contribution in [2.45, 2.75) is 25.3 Å². The molecule has 0 spiro atoms. The molecule has 4 nitrogen and oxygen atoms in total. The zero-order chi connectivity index (χ0) is 15.2. The summed E-state index contributed by atoms with van der Waals surface area (Å²) >= 11 is 0. The van der Waals surface area contributed by atoms with Gasteiger partial charge in [-0.05, 0) is 38.6 Å². The Morgan fingerprint density at radius 1 is 1.38 bits per heavy atom. The molecule has 1 aromatic rings. The van der Waals surface area contributed by atoms with Crippen LogP contribution < -0.4 is 10.6 Å². The fraction of sp³-hybridized carbons (Fsp3) is 0.533. The highest BCUT2D eigenvalue weighted by Gasteiger charge is 2.23. The van der Waals surface area contributed by atoms with Gasteiger partial charge in [-0.15, -0.1) is 0 Å². The van der Waals surface area contributed by atoms with E-state index in [4.69, 9.17) is 0 Å². The van der Waals surface area contributed by atoms with Gasteiger partial charge < -0.3 is 10.6 Å². The summed E-state index contributed by atoms with van der Waals surface area (Å²) in [5.41, 5.74) is 0.0172. The van der Waals surface area contributed by atoms with Crippen LogP contribution in [0.1, 0.15) is 19.3 Å². The number of rotatable bonds is 5. The molecule has 0 bridgehead atoms. The van der Waals surface area contributed by atoms with E-state index in [0.717, 1.165) is 44.5 Å². The Kier molecular flexibility index (Phi) is 5.64. The summed E-state index contributed by atoms with van der Waals surface area (Å²) in [7, 11) is 1.89. The van der Waals surface area contributed by atoms with Crippen LogP contribution in [0.25, 0.3) is 0 Å². The average molecular weight is 297 g/mol. The molecular formula is C15H21F2N3O. The number of likely N-dealkylation sites (tertiary alicyclic amines) is 1. The highest BCUT2D eigenvalue weighted by molar-refractivity contribution is 5.92. The number of amides is 1. The number of hydrogen-bond donors (Lipinski definition) is 2. The number of piperidine rings is 1. The number of carbonyl (C=O) groups is 1. The fourth-order valence-electron chi connectivity index (χ4n) is 2.70. The topological polar surface area (TPSA) is 44.4 Å². The van der Waals surface area contributed by atoms with E-state index in [2.05, 4.69) is 15.5 Å². The van der Waals surface area contributed by atoms with Crippen LogP contribution >= 0.6 is 0 Å². The van der Waals surface area contributed by atoms with Crippen molar-refractivity contribution < 1.29 is 13.6 Å². The molecule has 1 unspecified atom stereocenters. The van der Waals surface area contributed by atoms with Gasteiger partial charge in [0.15, 0.2) is 0 Å². The van der Waals surface area contributed by atoms with Gasteiger partial charge in [0.05, 0.1) is 12.2 Å². The van der Waals surface area contributed by atoms with Gasteiger partial charge >= 0.3 is 0 Å². The molecule has 1 aliphatic rings. The lowest BCUT2D eigenvalue weighted by Gasteiger charge is -2.35. The van der Waals surface area contributed by atoms with Gasteiger partial charge in [-0.25, -0.2) is 8.78 Å². The highest BCUT2D eigenvalue weighted by Crippen LogP contribution is 2.18. The third-order valence-corrected chi connectivity index (χ3v) is 3.74. The van der Waals surface area contributed by atoms with Gasteiger partial charge in [-0.2, -0.15) is 0 Å². The Bertz CT molecular complexity index is 494. The molecular weight excluding hydrogens is 276 g/mol. The molecule has 0 aromatic heterocycles. The second-order valence-corrected chi connectivity index (χ2v) is 5.35. The van der Waals surface area contributed by atoms with Crippen LogP contribution in [0.5, 0.6) is 0 Å². The van der Waals surface area contributed by atoms with Crippen molar-refractivity contribution in [1.29, 1.82) is 0 Å². The summed E-state index contributed by atoms with van der Waals surface area (Å²) in [4.78, 5) is 14.1. The van der Waals surface area contributed by atoms with Crippen molar-refractivity contribution in [3.63, 3.8) is 0 Å². The Morgan fingerprint density at radius 2 is 2.19 bits per heavy atom. The number of benzene rings is 1. The molecule has 1 saturated heterocycles. The summed E-state index contributed by atoms with van der Waals surface area (Å²) in [6.07, 6.45) is 3.29. The van der Waals surface area contributed by atoms with Gasteiger partial charge in [-0.3, -0.25) is 9.69 Å². The molecule has 0 aliphatic carbocycles. The molecule has 1 aromatic carbocycles. The van der Waals surface area contributed by atoms with Crippen LogP contribution in [0, 0.1) is 11.6 Å². The molecule has 2 rings (SSSR count). The van der Waals surface area contributed by atoms with E-state index in [1.165, 1.54) is 6.07 Å². The van der Waals surface area contributed by atoms with E-state index in [0.29, 0.717) is 6.04 Å². The fourth-order valence-corrected chi connectivity index (χ4v) is 2.70. The molecule has 21 heavy (non-hydrogen) atoms. The average Bonchev–Trinajstić information content (AvgIpc) is 2.44. The first kappa shape index (κ1) is 15.9. The zero-order valence-electron chi connectivity index (χ0n) is 12.2. The predicted octanol–water partition coefficient (Wildman–Crippen LogP) is 1.98. The van der Waals surface area contributed by atoms with Gasteiger partial charge in [0, 0.05) is 18.7 Å². The maximum absolute atomic E-state index is 13.5. The van der Waals surface area contributed by atoms with Crippen molar-refractivity contribution in [3.05, 3.63) is 29.8 Å².